The highest BCUT2D eigenvalue weighted by Crippen LogP contribution is 2.29. The van der Waals surface area contributed by atoms with Crippen molar-refractivity contribution >= 4 is 20.3 Å². The van der Waals surface area contributed by atoms with E-state index in [0.717, 1.165) is 63.1 Å². The first kappa shape index (κ1) is 22.9. The molecule has 0 aromatic carbocycles. The highest BCUT2D eigenvalue weighted by atomic mass is 28.4. The van der Waals surface area contributed by atoms with Crippen molar-refractivity contribution in [3.63, 3.8) is 0 Å². The van der Waals surface area contributed by atoms with Gasteiger partial charge in [0, 0.05) is 5.57 Å². The fourth-order valence-corrected chi connectivity index (χ4v) is 7.53. The van der Waals surface area contributed by atoms with Gasteiger partial charge >= 0.3 is 11.9 Å². The van der Waals surface area contributed by atoms with E-state index in [2.05, 4.69) is 27.7 Å². The van der Waals surface area contributed by atoms with E-state index < -0.39 is 14.3 Å². The molecule has 0 rings (SSSR count). The van der Waals surface area contributed by atoms with Crippen LogP contribution in [0.15, 0.2) is 11.6 Å². The highest BCUT2D eigenvalue weighted by Gasteiger charge is 2.36. The number of carboxylic acid groups (broad SMARTS) is 1. The predicted octanol–water partition coefficient (Wildman–Crippen LogP) is 5.69. The van der Waals surface area contributed by atoms with Crippen LogP contribution in [0.25, 0.3) is 0 Å². The van der Waals surface area contributed by atoms with Gasteiger partial charge in [-0.05, 0) is 31.0 Å². The summed E-state index contributed by atoms with van der Waals surface area (Å²) in [5.41, 5.74) is 0.332. The van der Waals surface area contributed by atoms with Crippen LogP contribution in [0.5, 0.6) is 0 Å². The molecule has 0 amide bonds. The van der Waals surface area contributed by atoms with Crippen LogP contribution < -0.4 is 0 Å². The summed E-state index contributed by atoms with van der Waals surface area (Å²) in [7, 11) is -2.11. The minimum atomic E-state index is -2.11. The average molecular weight is 357 g/mol. The van der Waals surface area contributed by atoms with Crippen LogP contribution in [0.1, 0.15) is 79.1 Å². The molecule has 4 nitrogen and oxygen atoms in total. The average Bonchev–Trinajstić information content (AvgIpc) is 2.50. The Balaban J connectivity index is 5.16. The predicted molar refractivity (Wildman–Crippen MR) is 102 cm³/mol. The summed E-state index contributed by atoms with van der Waals surface area (Å²) in [5, 5.41) is 9.11. The zero-order chi connectivity index (χ0) is 18.4. The number of carboxylic acids is 1. The summed E-state index contributed by atoms with van der Waals surface area (Å²) in [6.07, 6.45) is 8.49. The van der Waals surface area contributed by atoms with Crippen molar-refractivity contribution in [1.82, 2.24) is 0 Å². The van der Waals surface area contributed by atoms with Gasteiger partial charge in [-0.25, -0.2) is 4.79 Å². The van der Waals surface area contributed by atoms with Gasteiger partial charge in [0.1, 0.15) is 0 Å². The second-order valence-corrected chi connectivity index (χ2v) is 10.7. The molecule has 140 valence electrons. The molecule has 0 aliphatic rings. The van der Waals surface area contributed by atoms with Crippen molar-refractivity contribution in [3.05, 3.63) is 11.6 Å². The van der Waals surface area contributed by atoms with E-state index in [1.54, 1.807) is 6.08 Å². The molecule has 24 heavy (non-hydrogen) atoms. The zero-order valence-electron chi connectivity index (χ0n) is 16.0. The van der Waals surface area contributed by atoms with Gasteiger partial charge in [-0.2, -0.15) is 0 Å². The molecule has 0 unspecified atom stereocenters. The quantitative estimate of drug-likeness (QED) is 0.247. The van der Waals surface area contributed by atoms with Crippen LogP contribution in [-0.4, -0.2) is 25.4 Å². The van der Waals surface area contributed by atoms with Crippen LogP contribution in [-0.2, 0) is 14.0 Å². The lowest BCUT2D eigenvalue weighted by Crippen LogP contribution is -2.40. The summed E-state index contributed by atoms with van der Waals surface area (Å²) >= 11 is 0. The Labute approximate surface area is 148 Å². The van der Waals surface area contributed by atoms with Gasteiger partial charge in [0.15, 0.2) is 0 Å². The van der Waals surface area contributed by atoms with Crippen LogP contribution >= 0.6 is 0 Å². The number of carbonyl (C=O) groups excluding carboxylic acids is 1. The molecule has 0 saturated carbocycles. The van der Waals surface area contributed by atoms with Gasteiger partial charge in [-0.3, -0.25) is 4.79 Å². The zero-order valence-corrected chi connectivity index (χ0v) is 17.0. The van der Waals surface area contributed by atoms with Crippen LogP contribution in [0.2, 0.25) is 18.1 Å². The molecule has 5 heteroatoms. The molecule has 0 fully saturated rings. The summed E-state index contributed by atoms with van der Waals surface area (Å²) < 4.78 is 6.05. The van der Waals surface area contributed by atoms with Crippen molar-refractivity contribution in [1.29, 1.82) is 0 Å². The molecule has 0 bridgehead atoms. The number of aliphatic carboxylic acids is 1. The largest absolute Gasteiger partial charge is 0.516 e. The number of carbonyl (C=O) groups is 2. The molecule has 0 saturated heterocycles. The highest BCUT2D eigenvalue weighted by molar-refractivity contribution is 6.75. The van der Waals surface area contributed by atoms with E-state index in [9.17, 15) is 9.59 Å². The Bertz CT molecular complexity index is 387. The summed E-state index contributed by atoms with van der Waals surface area (Å²) in [6, 6.07) is 2.91. The van der Waals surface area contributed by atoms with E-state index in [1.165, 1.54) is 0 Å². The summed E-state index contributed by atoms with van der Waals surface area (Å²) in [6.45, 7) is 8.50. The van der Waals surface area contributed by atoms with E-state index in [0.29, 0.717) is 5.57 Å². The molecular weight excluding hydrogens is 320 g/mol. The maximum Gasteiger partial charge on any atom is 0.320 e. The SMILES string of the molecule is CCCCCC=C(CC(=O)O)C(=O)O[Si](CCC)(CCC)CCC. The Morgan fingerprint density at radius 2 is 1.46 bits per heavy atom. The van der Waals surface area contributed by atoms with E-state index in [4.69, 9.17) is 9.53 Å². The smallest absolute Gasteiger partial charge is 0.320 e. The first-order valence-corrected chi connectivity index (χ1v) is 12.1. The molecule has 0 aromatic rings. The molecule has 0 aliphatic carbocycles. The van der Waals surface area contributed by atoms with Gasteiger partial charge in [-0.15, -0.1) is 0 Å². The minimum Gasteiger partial charge on any atom is -0.516 e. The van der Waals surface area contributed by atoms with Crippen LogP contribution in [0, 0.1) is 0 Å². The van der Waals surface area contributed by atoms with Gasteiger partial charge < -0.3 is 9.53 Å². The lowest BCUT2D eigenvalue weighted by molar-refractivity contribution is -0.139. The van der Waals surface area contributed by atoms with Crippen molar-refractivity contribution in [2.45, 2.75) is 97.2 Å². The first-order chi connectivity index (χ1) is 11.4. The Kier molecular flexibility index (Phi) is 12.6. The lowest BCUT2D eigenvalue weighted by atomic mass is 10.1. The molecule has 0 heterocycles. The fraction of sp³-hybridized carbons (Fsp3) is 0.789. The first-order valence-electron chi connectivity index (χ1n) is 9.58. The minimum absolute atomic E-state index is 0.236. The molecule has 0 spiro atoms. The molecular formula is C19H36O4Si. The molecule has 0 aliphatic heterocycles. The third kappa shape index (κ3) is 9.26. The summed E-state index contributed by atoms with van der Waals surface area (Å²) in [4.78, 5) is 23.8. The maximum absolute atomic E-state index is 12.7. The number of unbranched alkanes of at least 4 members (excludes halogenated alkanes) is 3. The van der Waals surface area contributed by atoms with E-state index >= 15 is 0 Å². The Hall–Kier alpha value is -1.10. The third-order valence-electron chi connectivity index (χ3n) is 4.23. The number of allylic oxidation sites excluding steroid dienone is 1. The van der Waals surface area contributed by atoms with Gasteiger partial charge in [0.2, 0.25) is 0 Å². The molecule has 0 radical (unpaired) electrons. The molecule has 0 aromatic heterocycles. The topological polar surface area (TPSA) is 63.6 Å². The molecule has 0 atom stereocenters. The van der Waals surface area contributed by atoms with Crippen molar-refractivity contribution < 1.29 is 19.1 Å². The van der Waals surface area contributed by atoms with Crippen molar-refractivity contribution in [3.8, 4) is 0 Å². The van der Waals surface area contributed by atoms with E-state index in [1.807, 2.05) is 0 Å². The number of hydrogen-bond donors (Lipinski definition) is 1. The van der Waals surface area contributed by atoms with Crippen LogP contribution in [0.4, 0.5) is 0 Å². The Morgan fingerprint density at radius 3 is 1.88 bits per heavy atom. The maximum atomic E-state index is 12.7. The summed E-state index contributed by atoms with van der Waals surface area (Å²) in [5.74, 6) is -1.35. The number of rotatable bonds is 14. The molecule has 1 N–H and O–H groups in total. The van der Waals surface area contributed by atoms with Crippen LogP contribution in [0.3, 0.4) is 0 Å². The third-order valence-corrected chi connectivity index (χ3v) is 9.08. The van der Waals surface area contributed by atoms with Gasteiger partial charge in [0.25, 0.3) is 8.32 Å². The van der Waals surface area contributed by atoms with Gasteiger partial charge in [-0.1, -0.05) is 65.9 Å². The Morgan fingerprint density at radius 1 is 0.917 bits per heavy atom. The van der Waals surface area contributed by atoms with Crippen molar-refractivity contribution in [2.75, 3.05) is 0 Å². The van der Waals surface area contributed by atoms with E-state index in [-0.39, 0.29) is 12.4 Å². The van der Waals surface area contributed by atoms with Crippen molar-refractivity contribution in [2.24, 2.45) is 0 Å². The number of hydrogen-bond acceptors (Lipinski definition) is 3. The normalized spacial score (nSPS) is 12.2. The fourth-order valence-electron chi connectivity index (χ4n) is 3.22. The van der Waals surface area contributed by atoms with Gasteiger partial charge in [0.05, 0.1) is 6.42 Å². The second-order valence-electron chi connectivity index (χ2n) is 6.62. The monoisotopic (exact) mass is 356 g/mol. The lowest BCUT2D eigenvalue weighted by Gasteiger charge is -2.31. The standard InChI is InChI=1S/C19H36O4Si/c1-5-9-10-11-12-17(16-18(20)21)19(22)23-24(13-6-2,14-7-3)15-8-4/h12H,5-11,13-16H2,1-4H3,(H,20,21). The second kappa shape index (κ2) is 13.2.